The van der Waals surface area contributed by atoms with Crippen LogP contribution in [0, 0.1) is 11.3 Å². The largest absolute Gasteiger partial charge is 0.341 e. The second-order valence-electron chi connectivity index (χ2n) is 4.14. The number of rotatable bonds is 4. The first-order valence-corrected chi connectivity index (χ1v) is 5.95. The fraction of sp³-hybridized carbons (Fsp3) is 0.214. The molecule has 1 aromatic carbocycles. The molecule has 0 unspecified atom stereocenters. The smallest absolute Gasteiger partial charge is 0.256 e. The van der Waals surface area contributed by atoms with E-state index in [1.165, 1.54) is 11.1 Å². The maximum Gasteiger partial charge on any atom is 0.256 e. The predicted octanol–water partition coefficient (Wildman–Crippen LogP) is 1.86. The molecule has 5 nitrogen and oxygen atoms in total. The first-order chi connectivity index (χ1) is 9.22. The number of nitriles is 1. The standard InChI is InChI=1S/C14H14N4O/c1-17(9-5-8-15)14(19)12-10-16-18(11-12)13-6-3-2-4-7-13/h2-4,6-7,10-11H,5,9H2,1H3. The lowest BCUT2D eigenvalue weighted by Gasteiger charge is -2.13. The van der Waals surface area contributed by atoms with Crippen molar-refractivity contribution < 1.29 is 4.79 Å². The number of amides is 1. The molecule has 0 aliphatic heterocycles. The second kappa shape index (κ2) is 5.83. The van der Waals surface area contributed by atoms with Crippen LogP contribution in [-0.2, 0) is 0 Å². The van der Waals surface area contributed by atoms with Crippen LogP contribution in [0.1, 0.15) is 16.8 Å². The molecule has 0 saturated heterocycles. The summed E-state index contributed by atoms with van der Waals surface area (Å²) in [5.41, 5.74) is 1.42. The van der Waals surface area contributed by atoms with Gasteiger partial charge in [0, 0.05) is 19.8 Å². The van der Waals surface area contributed by atoms with Gasteiger partial charge in [-0.15, -0.1) is 0 Å². The molecule has 2 aromatic rings. The Kier molecular flexibility index (Phi) is 3.94. The zero-order valence-corrected chi connectivity index (χ0v) is 10.7. The number of nitrogens with zero attached hydrogens (tertiary/aromatic N) is 4. The highest BCUT2D eigenvalue weighted by atomic mass is 16.2. The lowest BCUT2D eigenvalue weighted by atomic mass is 10.3. The zero-order valence-electron chi connectivity index (χ0n) is 10.7. The number of para-hydroxylation sites is 1. The Bertz CT molecular complexity index is 597. The maximum atomic E-state index is 12.1. The highest BCUT2D eigenvalue weighted by Crippen LogP contribution is 2.09. The third-order valence-corrected chi connectivity index (χ3v) is 2.76. The van der Waals surface area contributed by atoms with Gasteiger partial charge in [-0.2, -0.15) is 10.4 Å². The van der Waals surface area contributed by atoms with E-state index in [2.05, 4.69) is 5.10 Å². The van der Waals surface area contributed by atoms with E-state index in [1.54, 1.807) is 17.9 Å². The van der Waals surface area contributed by atoms with Crippen molar-refractivity contribution in [2.24, 2.45) is 0 Å². The van der Waals surface area contributed by atoms with Crippen molar-refractivity contribution in [2.75, 3.05) is 13.6 Å². The molecule has 1 aromatic heterocycles. The van der Waals surface area contributed by atoms with Gasteiger partial charge in [-0.3, -0.25) is 4.79 Å². The Balaban J connectivity index is 2.13. The van der Waals surface area contributed by atoms with Crippen molar-refractivity contribution in [3.8, 4) is 11.8 Å². The van der Waals surface area contributed by atoms with Gasteiger partial charge in [0.05, 0.1) is 29.9 Å². The lowest BCUT2D eigenvalue weighted by Crippen LogP contribution is -2.27. The van der Waals surface area contributed by atoms with E-state index in [4.69, 9.17) is 5.26 Å². The summed E-state index contributed by atoms with van der Waals surface area (Å²) < 4.78 is 1.66. The number of carbonyl (C=O) groups excluding carboxylic acids is 1. The third-order valence-electron chi connectivity index (χ3n) is 2.76. The summed E-state index contributed by atoms with van der Waals surface area (Å²) in [7, 11) is 1.68. The molecule has 2 rings (SSSR count). The molecule has 0 spiro atoms. The van der Waals surface area contributed by atoms with Gasteiger partial charge < -0.3 is 4.90 Å². The molecule has 0 saturated carbocycles. The first-order valence-electron chi connectivity index (χ1n) is 5.95. The molecular weight excluding hydrogens is 240 g/mol. The van der Waals surface area contributed by atoms with Crippen LogP contribution < -0.4 is 0 Å². The molecule has 5 heteroatoms. The zero-order chi connectivity index (χ0) is 13.7. The van der Waals surface area contributed by atoms with Crippen LogP contribution in [0.3, 0.4) is 0 Å². The molecule has 0 atom stereocenters. The van der Waals surface area contributed by atoms with E-state index in [0.717, 1.165) is 5.69 Å². The summed E-state index contributed by atoms with van der Waals surface area (Å²) in [4.78, 5) is 13.6. The Morgan fingerprint density at radius 2 is 2.16 bits per heavy atom. The van der Waals surface area contributed by atoms with Crippen LogP contribution >= 0.6 is 0 Å². The van der Waals surface area contributed by atoms with E-state index in [0.29, 0.717) is 18.5 Å². The van der Waals surface area contributed by atoms with E-state index in [9.17, 15) is 4.79 Å². The molecular formula is C14H14N4O. The molecule has 19 heavy (non-hydrogen) atoms. The summed E-state index contributed by atoms with van der Waals surface area (Å²) in [5.74, 6) is -0.127. The SMILES string of the molecule is CN(CCC#N)C(=O)c1cnn(-c2ccccc2)c1. The Morgan fingerprint density at radius 1 is 1.42 bits per heavy atom. The first kappa shape index (κ1) is 12.8. The number of aromatic nitrogens is 2. The van der Waals surface area contributed by atoms with Crippen molar-refractivity contribution >= 4 is 5.91 Å². The minimum Gasteiger partial charge on any atom is -0.341 e. The van der Waals surface area contributed by atoms with E-state index < -0.39 is 0 Å². The highest BCUT2D eigenvalue weighted by molar-refractivity contribution is 5.93. The van der Waals surface area contributed by atoms with Crippen molar-refractivity contribution in [2.45, 2.75) is 6.42 Å². The minimum absolute atomic E-state index is 0.127. The van der Waals surface area contributed by atoms with Crippen molar-refractivity contribution in [3.63, 3.8) is 0 Å². The number of carbonyl (C=O) groups is 1. The van der Waals surface area contributed by atoms with Gasteiger partial charge in [-0.25, -0.2) is 4.68 Å². The van der Waals surface area contributed by atoms with Crippen LogP contribution in [0.25, 0.3) is 5.69 Å². The van der Waals surface area contributed by atoms with Gasteiger partial charge in [0.2, 0.25) is 0 Å². The summed E-state index contributed by atoms with van der Waals surface area (Å²) in [5, 5.41) is 12.7. The molecule has 0 aliphatic carbocycles. The van der Waals surface area contributed by atoms with Crippen molar-refractivity contribution in [3.05, 3.63) is 48.3 Å². The molecule has 0 bridgehead atoms. The molecule has 1 amide bonds. The highest BCUT2D eigenvalue weighted by Gasteiger charge is 2.13. The maximum absolute atomic E-state index is 12.1. The lowest BCUT2D eigenvalue weighted by molar-refractivity contribution is 0.0798. The molecule has 1 heterocycles. The van der Waals surface area contributed by atoms with E-state index in [-0.39, 0.29) is 5.91 Å². The van der Waals surface area contributed by atoms with Gasteiger partial charge in [0.1, 0.15) is 0 Å². The van der Waals surface area contributed by atoms with Crippen LogP contribution in [0.4, 0.5) is 0 Å². The number of benzene rings is 1. The second-order valence-corrected chi connectivity index (χ2v) is 4.14. The Morgan fingerprint density at radius 3 is 2.84 bits per heavy atom. The fourth-order valence-corrected chi connectivity index (χ4v) is 1.69. The number of hydrogen-bond acceptors (Lipinski definition) is 3. The van der Waals surface area contributed by atoms with Crippen LogP contribution in [0.15, 0.2) is 42.7 Å². The average molecular weight is 254 g/mol. The van der Waals surface area contributed by atoms with Gasteiger partial charge in [-0.1, -0.05) is 18.2 Å². The molecule has 0 fully saturated rings. The van der Waals surface area contributed by atoms with Crippen molar-refractivity contribution in [1.82, 2.24) is 14.7 Å². The Hall–Kier alpha value is -2.61. The average Bonchev–Trinajstić information content (AvgIpc) is 2.94. The summed E-state index contributed by atoms with van der Waals surface area (Å²) in [6.45, 7) is 0.422. The minimum atomic E-state index is -0.127. The van der Waals surface area contributed by atoms with Crippen LogP contribution in [0.5, 0.6) is 0 Å². The van der Waals surface area contributed by atoms with Gasteiger partial charge in [0.25, 0.3) is 5.91 Å². The normalized spacial score (nSPS) is 9.89. The third kappa shape index (κ3) is 2.99. The van der Waals surface area contributed by atoms with Crippen molar-refractivity contribution in [1.29, 1.82) is 5.26 Å². The topological polar surface area (TPSA) is 61.9 Å². The van der Waals surface area contributed by atoms with E-state index in [1.807, 2.05) is 36.4 Å². The monoisotopic (exact) mass is 254 g/mol. The number of hydrogen-bond donors (Lipinski definition) is 0. The molecule has 0 N–H and O–H groups in total. The van der Waals surface area contributed by atoms with Gasteiger partial charge in [0.15, 0.2) is 0 Å². The Labute approximate surface area is 111 Å². The molecule has 96 valence electrons. The van der Waals surface area contributed by atoms with Gasteiger partial charge >= 0.3 is 0 Å². The summed E-state index contributed by atoms with van der Waals surface area (Å²) >= 11 is 0. The van der Waals surface area contributed by atoms with E-state index >= 15 is 0 Å². The molecule has 0 radical (unpaired) electrons. The van der Waals surface area contributed by atoms with Crippen LogP contribution in [-0.4, -0.2) is 34.2 Å². The summed E-state index contributed by atoms with van der Waals surface area (Å²) in [6, 6.07) is 11.6. The van der Waals surface area contributed by atoms with Gasteiger partial charge in [-0.05, 0) is 12.1 Å². The summed E-state index contributed by atoms with van der Waals surface area (Å²) in [6.07, 6.45) is 3.56. The predicted molar refractivity (Wildman–Crippen MR) is 70.8 cm³/mol. The quantitative estimate of drug-likeness (QED) is 0.836. The fourth-order valence-electron chi connectivity index (χ4n) is 1.69. The van der Waals surface area contributed by atoms with Crippen LogP contribution in [0.2, 0.25) is 0 Å². The molecule has 0 aliphatic rings.